The topological polar surface area (TPSA) is 69.3 Å². The van der Waals surface area contributed by atoms with Gasteiger partial charge in [0.05, 0.1) is 4.91 Å². The molecule has 2 aliphatic heterocycles. The lowest BCUT2D eigenvalue weighted by Gasteiger charge is -2.29. The van der Waals surface area contributed by atoms with E-state index in [4.69, 9.17) is 12.2 Å². The van der Waals surface area contributed by atoms with Gasteiger partial charge < -0.3 is 4.90 Å². The Morgan fingerprint density at radius 1 is 0.875 bits per heavy atom. The fraction of sp³-hybridized carbons (Fsp3) is 0.688. The molecule has 3 heterocycles. The molecule has 0 spiro atoms. The minimum absolute atomic E-state index is 0.0566. The van der Waals surface area contributed by atoms with Crippen LogP contribution in [0.2, 0.25) is 0 Å². The number of thiocarbonyl (C=S) groups is 1. The molecule has 0 unspecified atom stereocenters. The van der Waals surface area contributed by atoms with Crippen LogP contribution in [-0.2, 0) is 11.3 Å². The highest BCUT2D eigenvalue weighted by Crippen LogP contribution is 2.36. The van der Waals surface area contributed by atoms with Crippen LogP contribution in [0, 0.1) is 18.3 Å². The summed E-state index contributed by atoms with van der Waals surface area (Å²) in [6.45, 7) is 9.07. The van der Waals surface area contributed by atoms with Crippen molar-refractivity contribution < 1.29 is 4.79 Å². The van der Waals surface area contributed by atoms with Crippen LogP contribution >= 0.6 is 24.0 Å². The molecule has 6 nitrogen and oxygen atoms in total. The Hall–Kier alpha value is -2.11. The van der Waals surface area contributed by atoms with Crippen molar-refractivity contribution >= 4 is 46.1 Å². The predicted octanol–water partition coefficient (Wildman–Crippen LogP) is 7.94. The Morgan fingerprint density at radius 2 is 1.48 bits per heavy atom. The molecule has 2 fully saturated rings. The average molecular weight is 585 g/mol. The number of nitriles is 1. The summed E-state index contributed by atoms with van der Waals surface area (Å²) < 4.78 is 2.37. The van der Waals surface area contributed by atoms with E-state index in [2.05, 4.69) is 17.9 Å². The van der Waals surface area contributed by atoms with Crippen LogP contribution in [0.5, 0.6) is 0 Å². The number of thioether (sulfide) groups is 1. The molecule has 0 bridgehead atoms. The van der Waals surface area contributed by atoms with E-state index in [-0.39, 0.29) is 17.0 Å². The number of pyridine rings is 1. The number of hydrogen-bond donors (Lipinski definition) is 0. The molecule has 0 atom stereocenters. The minimum Gasteiger partial charge on any atom is -0.357 e. The standard InChI is InChI=1S/C32H48N4O2S2/c1-4-6-7-8-9-10-11-12-13-18-22-36-31(38)28(40-32(36)39)23-26-25(3)27(24-33)30(37)35(19-5-2)29(26)34-20-16-14-15-17-21-34/h23H,4-22H2,1-3H3/b28-23-. The first kappa shape index (κ1) is 32.4. The first-order chi connectivity index (χ1) is 19.4. The van der Waals surface area contributed by atoms with Crippen molar-refractivity contribution in [2.24, 2.45) is 0 Å². The molecular weight excluding hydrogens is 537 g/mol. The third-order valence-electron chi connectivity index (χ3n) is 8.08. The van der Waals surface area contributed by atoms with Gasteiger partial charge in [0.25, 0.3) is 11.5 Å². The zero-order valence-electron chi connectivity index (χ0n) is 24.9. The fourth-order valence-corrected chi connectivity index (χ4v) is 7.07. The maximum Gasteiger partial charge on any atom is 0.270 e. The zero-order chi connectivity index (χ0) is 28.9. The second-order valence-electron chi connectivity index (χ2n) is 11.2. The van der Waals surface area contributed by atoms with Gasteiger partial charge in [0.15, 0.2) is 0 Å². The highest BCUT2D eigenvalue weighted by atomic mass is 32.2. The molecule has 2 aliphatic rings. The van der Waals surface area contributed by atoms with Gasteiger partial charge in [0.2, 0.25) is 0 Å². The zero-order valence-corrected chi connectivity index (χ0v) is 26.6. The van der Waals surface area contributed by atoms with E-state index in [0.29, 0.717) is 27.9 Å². The Balaban J connectivity index is 1.76. The number of nitrogens with zero attached hydrogens (tertiary/aromatic N) is 4. The van der Waals surface area contributed by atoms with Crippen LogP contribution < -0.4 is 10.5 Å². The summed E-state index contributed by atoms with van der Waals surface area (Å²) in [5.74, 6) is 0.795. The number of hydrogen-bond acceptors (Lipinski definition) is 6. The number of anilines is 1. The average Bonchev–Trinajstić information content (AvgIpc) is 3.10. The van der Waals surface area contributed by atoms with Gasteiger partial charge in [0, 0.05) is 31.7 Å². The SMILES string of the molecule is CCCCCCCCCCCCN1C(=O)/C(=C/c2c(C)c(C#N)c(=O)n(CCC)c2N2CCCCCC2)SC1=S. The Kier molecular flexibility index (Phi) is 13.8. The maximum atomic E-state index is 13.5. The molecule has 3 rings (SSSR count). The second kappa shape index (κ2) is 17.0. The first-order valence-electron chi connectivity index (χ1n) is 15.6. The summed E-state index contributed by atoms with van der Waals surface area (Å²) in [6.07, 6.45) is 19.7. The van der Waals surface area contributed by atoms with Crippen molar-refractivity contribution in [3.63, 3.8) is 0 Å². The van der Waals surface area contributed by atoms with Crippen molar-refractivity contribution in [1.29, 1.82) is 5.26 Å². The summed E-state index contributed by atoms with van der Waals surface area (Å²) in [6, 6.07) is 2.15. The molecule has 0 N–H and O–H groups in total. The molecule has 0 aromatic carbocycles. The number of amides is 1. The molecule has 1 aromatic rings. The molecule has 1 amide bonds. The Morgan fingerprint density at radius 3 is 2.05 bits per heavy atom. The minimum atomic E-state index is -0.230. The van der Waals surface area contributed by atoms with Gasteiger partial charge in [-0.3, -0.25) is 19.1 Å². The molecular formula is C32H48N4O2S2. The van der Waals surface area contributed by atoms with Gasteiger partial charge in [0.1, 0.15) is 21.8 Å². The number of carbonyl (C=O) groups is 1. The number of carbonyl (C=O) groups excluding carboxylic acids is 1. The monoisotopic (exact) mass is 584 g/mol. The molecule has 1 aromatic heterocycles. The van der Waals surface area contributed by atoms with E-state index in [1.807, 2.05) is 19.9 Å². The lowest BCUT2D eigenvalue weighted by atomic mass is 10.0. The van der Waals surface area contributed by atoms with Crippen LogP contribution in [-0.4, -0.2) is 39.3 Å². The van der Waals surface area contributed by atoms with Crippen molar-refractivity contribution in [3.8, 4) is 6.07 Å². The summed E-state index contributed by atoms with van der Waals surface area (Å²) in [4.78, 5) is 31.5. The second-order valence-corrected chi connectivity index (χ2v) is 12.9. The van der Waals surface area contributed by atoms with Crippen molar-refractivity contribution in [2.45, 2.75) is 124 Å². The summed E-state index contributed by atoms with van der Waals surface area (Å²) in [5, 5.41) is 9.88. The highest BCUT2D eigenvalue weighted by molar-refractivity contribution is 8.26. The van der Waals surface area contributed by atoms with Gasteiger partial charge in [-0.25, -0.2) is 0 Å². The third-order valence-corrected chi connectivity index (χ3v) is 9.46. The van der Waals surface area contributed by atoms with Crippen molar-refractivity contribution in [2.75, 3.05) is 24.5 Å². The quantitative estimate of drug-likeness (QED) is 0.118. The largest absolute Gasteiger partial charge is 0.357 e. The lowest BCUT2D eigenvalue weighted by molar-refractivity contribution is -0.122. The van der Waals surface area contributed by atoms with Gasteiger partial charge in [-0.1, -0.05) is 108 Å². The molecule has 8 heteroatoms. The van der Waals surface area contributed by atoms with Crippen LogP contribution in [0.4, 0.5) is 5.82 Å². The molecule has 40 heavy (non-hydrogen) atoms. The van der Waals surface area contributed by atoms with E-state index in [1.54, 1.807) is 9.47 Å². The highest BCUT2D eigenvalue weighted by Gasteiger charge is 2.33. The Bertz CT molecular complexity index is 1140. The molecule has 0 saturated carbocycles. The number of unbranched alkanes of at least 4 members (excludes halogenated alkanes) is 9. The van der Waals surface area contributed by atoms with Gasteiger partial charge in [-0.2, -0.15) is 5.26 Å². The molecule has 0 aliphatic carbocycles. The normalized spacial score (nSPS) is 17.1. The maximum absolute atomic E-state index is 13.5. The van der Waals surface area contributed by atoms with E-state index in [0.717, 1.165) is 56.6 Å². The van der Waals surface area contributed by atoms with Gasteiger partial charge in [-0.05, 0) is 44.2 Å². The first-order valence-corrected chi connectivity index (χ1v) is 16.8. The van der Waals surface area contributed by atoms with Crippen LogP contribution in [0.1, 0.15) is 127 Å². The van der Waals surface area contributed by atoms with Crippen LogP contribution in [0.25, 0.3) is 6.08 Å². The van der Waals surface area contributed by atoms with E-state index < -0.39 is 0 Å². The molecule has 2 saturated heterocycles. The number of aromatic nitrogens is 1. The van der Waals surface area contributed by atoms with Gasteiger partial charge in [-0.15, -0.1) is 0 Å². The lowest BCUT2D eigenvalue weighted by Crippen LogP contribution is -2.35. The van der Waals surface area contributed by atoms with Crippen LogP contribution in [0.15, 0.2) is 9.70 Å². The predicted molar refractivity (Wildman–Crippen MR) is 173 cm³/mol. The molecule has 0 radical (unpaired) electrons. The number of rotatable bonds is 15. The van der Waals surface area contributed by atoms with E-state index in [1.165, 1.54) is 76.0 Å². The smallest absolute Gasteiger partial charge is 0.270 e. The van der Waals surface area contributed by atoms with Crippen molar-refractivity contribution in [3.05, 3.63) is 31.9 Å². The van der Waals surface area contributed by atoms with Crippen molar-refractivity contribution in [1.82, 2.24) is 9.47 Å². The summed E-state index contributed by atoms with van der Waals surface area (Å²) in [7, 11) is 0. The fourth-order valence-electron chi connectivity index (χ4n) is 5.78. The summed E-state index contributed by atoms with van der Waals surface area (Å²) >= 11 is 6.98. The van der Waals surface area contributed by atoms with Gasteiger partial charge >= 0.3 is 0 Å². The summed E-state index contributed by atoms with van der Waals surface area (Å²) in [5.41, 5.74) is 1.40. The Labute approximate surface area is 251 Å². The van der Waals surface area contributed by atoms with E-state index in [9.17, 15) is 14.9 Å². The van der Waals surface area contributed by atoms with E-state index >= 15 is 0 Å². The molecule has 220 valence electrons. The van der Waals surface area contributed by atoms with Crippen LogP contribution in [0.3, 0.4) is 0 Å². The third kappa shape index (κ3) is 8.45.